The highest BCUT2D eigenvalue weighted by Gasteiger charge is 2.29. The predicted molar refractivity (Wildman–Crippen MR) is 111 cm³/mol. The van der Waals surface area contributed by atoms with Gasteiger partial charge in [-0.2, -0.15) is 5.10 Å². The number of benzene rings is 2. The van der Waals surface area contributed by atoms with Gasteiger partial charge >= 0.3 is 0 Å². The average molecular weight is 411 g/mol. The number of hydrogen-bond acceptors (Lipinski definition) is 5. The van der Waals surface area contributed by atoms with Crippen molar-refractivity contribution >= 4 is 0 Å². The van der Waals surface area contributed by atoms with Gasteiger partial charge in [-0.05, 0) is 12.1 Å². The minimum Gasteiger partial charge on any atom is -0.314 e. The molecule has 0 saturated carbocycles. The normalized spacial score (nSPS) is 18.6. The first-order valence-corrected chi connectivity index (χ1v) is 9.89. The second-order valence-corrected chi connectivity index (χ2v) is 7.28. The fourth-order valence-electron chi connectivity index (χ4n) is 3.66. The maximum absolute atomic E-state index is 14.1. The van der Waals surface area contributed by atoms with Gasteiger partial charge in [0.2, 0.25) is 0 Å². The van der Waals surface area contributed by atoms with Crippen LogP contribution in [0, 0.1) is 17.6 Å². The van der Waals surface area contributed by atoms with E-state index in [9.17, 15) is 13.6 Å². The molecule has 8 heteroatoms. The van der Waals surface area contributed by atoms with Crippen LogP contribution in [0.4, 0.5) is 8.78 Å². The Bertz CT molecular complexity index is 1060. The van der Waals surface area contributed by atoms with Gasteiger partial charge < -0.3 is 5.32 Å². The molecule has 30 heavy (non-hydrogen) atoms. The van der Waals surface area contributed by atoms with Crippen LogP contribution in [0.5, 0.6) is 0 Å². The van der Waals surface area contributed by atoms with Crippen molar-refractivity contribution in [2.24, 2.45) is 5.92 Å². The summed E-state index contributed by atoms with van der Waals surface area (Å²) in [5, 5.41) is 7.77. The number of hydrogen-bond donors (Lipinski definition) is 3. The van der Waals surface area contributed by atoms with E-state index in [4.69, 9.17) is 0 Å². The summed E-state index contributed by atoms with van der Waals surface area (Å²) < 4.78 is 28.8. The fourth-order valence-corrected chi connectivity index (χ4v) is 3.66. The standard InChI is InChI=1S/C22H23F2N5O/c23-17-6-7-18(19(24)12-17)22-16(14-26-27-22)13-25-10-11-29-21(30)9-8-20(28-29)15-4-2-1-3-5-15/h1-9,12,16,22,25-27H,10-11,13-14H2. The quantitative estimate of drug-likeness (QED) is 0.520. The van der Waals surface area contributed by atoms with Crippen molar-refractivity contribution in [1.29, 1.82) is 0 Å². The van der Waals surface area contributed by atoms with Crippen LogP contribution in [0.3, 0.4) is 0 Å². The molecular weight excluding hydrogens is 388 g/mol. The molecule has 0 amide bonds. The topological polar surface area (TPSA) is 71.0 Å². The molecule has 1 fully saturated rings. The van der Waals surface area contributed by atoms with Crippen LogP contribution in [0.25, 0.3) is 11.3 Å². The molecule has 0 aliphatic carbocycles. The molecule has 156 valence electrons. The Labute approximate surface area is 172 Å². The van der Waals surface area contributed by atoms with Gasteiger partial charge in [-0.25, -0.2) is 18.9 Å². The Morgan fingerprint density at radius 1 is 1.10 bits per heavy atom. The first-order chi connectivity index (χ1) is 14.6. The maximum atomic E-state index is 14.1. The Morgan fingerprint density at radius 2 is 1.93 bits per heavy atom. The lowest BCUT2D eigenvalue weighted by atomic mass is 9.94. The molecule has 3 aromatic rings. The fraction of sp³-hybridized carbons (Fsp3) is 0.273. The summed E-state index contributed by atoms with van der Waals surface area (Å²) in [4.78, 5) is 12.1. The third kappa shape index (κ3) is 4.62. The van der Waals surface area contributed by atoms with Crippen LogP contribution < -0.4 is 21.7 Å². The van der Waals surface area contributed by atoms with Gasteiger partial charge in [0.25, 0.3) is 5.56 Å². The van der Waals surface area contributed by atoms with Gasteiger partial charge in [-0.1, -0.05) is 36.4 Å². The molecule has 2 aromatic carbocycles. The van der Waals surface area contributed by atoms with Gasteiger partial charge in [0.15, 0.2) is 0 Å². The van der Waals surface area contributed by atoms with Crippen LogP contribution in [0.1, 0.15) is 11.6 Å². The summed E-state index contributed by atoms with van der Waals surface area (Å²) in [5.74, 6) is -1.08. The van der Waals surface area contributed by atoms with Crippen molar-refractivity contribution in [2.45, 2.75) is 12.6 Å². The Balaban J connectivity index is 1.35. The molecular formula is C22H23F2N5O. The zero-order chi connectivity index (χ0) is 20.9. The van der Waals surface area contributed by atoms with E-state index in [1.165, 1.54) is 22.9 Å². The zero-order valence-electron chi connectivity index (χ0n) is 16.3. The minimum atomic E-state index is -0.590. The first-order valence-electron chi connectivity index (χ1n) is 9.89. The molecule has 6 nitrogen and oxygen atoms in total. The third-order valence-corrected chi connectivity index (χ3v) is 5.23. The van der Waals surface area contributed by atoms with E-state index in [1.54, 1.807) is 6.07 Å². The van der Waals surface area contributed by atoms with Crippen molar-refractivity contribution < 1.29 is 8.78 Å². The molecule has 2 unspecified atom stereocenters. The number of rotatable bonds is 7. The number of hydrazine groups is 1. The first kappa shape index (κ1) is 20.3. The van der Waals surface area contributed by atoms with Crippen LogP contribution in [0.2, 0.25) is 0 Å². The van der Waals surface area contributed by atoms with Crippen molar-refractivity contribution in [2.75, 3.05) is 19.6 Å². The lowest BCUT2D eigenvalue weighted by molar-refractivity contribution is 0.415. The second-order valence-electron chi connectivity index (χ2n) is 7.28. The number of nitrogens with zero attached hydrogens (tertiary/aromatic N) is 2. The van der Waals surface area contributed by atoms with Crippen LogP contribution >= 0.6 is 0 Å². The van der Waals surface area contributed by atoms with Crippen molar-refractivity contribution in [1.82, 2.24) is 25.9 Å². The van der Waals surface area contributed by atoms with Crippen molar-refractivity contribution in [3.05, 3.63) is 88.2 Å². The summed E-state index contributed by atoms with van der Waals surface area (Å²) >= 11 is 0. The molecule has 1 saturated heterocycles. The lowest BCUT2D eigenvalue weighted by Crippen LogP contribution is -2.33. The minimum absolute atomic E-state index is 0.0743. The van der Waals surface area contributed by atoms with E-state index in [0.29, 0.717) is 31.7 Å². The molecule has 2 heterocycles. The molecule has 0 radical (unpaired) electrons. The summed E-state index contributed by atoms with van der Waals surface area (Å²) in [5.41, 5.74) is 8.06. The highest BCUT2D eigenvalue weighted by atomic mass is 19.1. The summed E-state index contributed by atoms with van der Waals surface area (Å²) in [6.07, 6.45) is 0. The number of nitrogens with one attached hydrogen (secondary N) is 3. The van der Waals surface area contributed by atoms with Crippen LogP contribution in [0.15, 0.2) is 65.5 Å². The van der Waals surface area contributed by atoms with Crippen molar-refractivity contribution in [3.63, 3.8) is 0 Å². The molecule has 1 aliphatic rings. The molecule has 0 spiro atoms. The van der Waals surface area contributed by atoms with E-state index in [2.05, 4.69) is 21.3 Å². The Morgan fingerprint density at radius 3 is 2.73 bits per heavy atom. The Kier molecular flexibility index (Phi) is 6.27. The van der Waals surface area contributed by atoms with E-state index < -0.39 is 11.6 Å². The van der Waals surface area contributed by atoms with Gasteiger partial charge in [-0.15, -0.1) is 0 Å². The van der Waals surface area contributed by atoms with E-state index >= 15 is 0 Å². The molecule has 3 N–H and O–H groups in total. The van der Waals surface area contributed by atoms with Gasteiger partial charge in [0.05, 0.1) is 18.3 Å². The van der Waals surface area contributed by atoms with E-state index in [-0.39, 0.29) is 17.5 Å². The molecule has 2 atom stereocenters. The van der Waals surface area contributed by atoms with Crippen molar-refractivity contribution in [3.8, 4) is 11.3 Å². The van der Waals surface area contributed by atoms with Gasteiger partial charge in [0.1, 0.15) is 11.6 Å². The van der Waals surface area contributed by atoms with Gasteiger partial charge in [-0.3, -0.25) is 10.2 Å². The van der Waals surface area contributed by atoms with E-state index in [0.717, 1.165) is 17.3 Å². The summed E-state index contributed by atoms with van der Waals surface area (Å²) in [6.45, 7) is 2.22. The monoisotopic (exact) mass is 411 g/mol. The van der Waals surface area contributed by atoms with E-state index in [1.807, 2.05) is 30.3 Å². The predicted octanol–water partition coefficient (Wildman–Crippen LogP) is 2.24. The Hall–Kier alpha value is -2.94. The second kappa shape index (κ2) is 9.25. The highest BCUT2D eigenvalue weighted by molar-refractivity contribution is 5.57. The van der Waals surface area contributed by atoms with Crippen LogP contribution in [-0.2, 0) is 6.54 Å². The molecule has 1 aliphatic heterocycles. The lowest BCUT2D eigenvalue weighted by Gasteiger charge is -2.20. The zero-order valence-corrected chi connectivity index (χ0v) is 16.3. The summed E-state index contributed by atoms with van der Waals surface area (Å²) in [6, 6.07) is 16.3. The average Bonchev–Trinajstić information content (AvgIpc) is 3.21. The smallest absolute Gasteiger partial charge is 0.266 e. The SMILES string of the molecule is O=c1ccc(-c2ccccc2)nn1CCNCC1CNNC1c1ccc(F)cc1F. The maximum Gasteiger partial charge on any atom is 0.266 e. The highest BCUT2D eigenvalue weighted by Crippen LogP contribution is 2.27. The molecule has 4 rings (SSSR count). The largest absolute Gasteiger partial charge is 0.314 e. The third-order valence-electron chi connectivity index (χ3n) is 5.23. The summed E-state index contributed by atoms with van der Waals surface area (Å²) in [7, 11) is 0. The van der Waals surface area contributed by atoms with Crippen LogP contribution in [-0.4, -0.2) is 29.4 Å². The molecule has 0 bridgehead atoms. The molecule has 1 aromatic heterocycles. The number of halogens is 2. The number of aromatic nitrogens is 2. The van der Waals surface area contributed by atoms with Gasteiger partial charge in [0, 0.05) is 48.8 Å².